The Morgan fingerprint density at radius 3 is 2.38 bits per heavy atom. The molecule has 0 saturated heterocycles. The predicted molar refractivity (Wildman–Crippen MR) is 87.0 cm³/mol. The van der Waals surface area contributed by atoms with E-state index in [0.29, 0.717) is 23.5 Å². The number of hydrogen-bond donors (Lipinski definition) is 0. The molecule has 126 valence electrons. The van der Waals surface area contributed by atoms with Crippen molar-refractivity contribution < 1.29 is 14.0 Å². The van der Waals surface area contributed by atoms with Crippen molar-refractivity contribution in [2.45, 2.75) is 39.3 Å². The number of ketones is 1. The second-order valence-electron chi connectivity index (χ2n) is 6.29. The molecule has 1 amide bonds. The lowest BCUT2D eigenvalue weighted by Crippen LogP contribution is -2.38. The molecule has 0 atom stereocenters. The molecule has 0 unspecified atom stereocenters. The Hall–Kier alpha value is -2.50. The molecule has 1 aliphatic carbocycles. The largest absolute Gasteiger partial charge is 0.328 e. The molecule has 0 aliphatic heterocycles. The average molecular weight is 329 g/mol. The molecule has 1 heterocycles. The number of aromatic nitrogens is 2. The molecule has 1 aromatic carbocycles. The molecule has 2 aromatic rings. The van der Waals surface area contributed by atoms with Gasteiger partial charge in [-0.3, -0.25) is 14.3 Å². The number of hydrogen-bond acceptors (Lipinski definition) is 3. The smallest absolute Gasteiger partial charge is 0.295 e. The van der Waals surface area contributed by atoms with Crippen LogP contribution in [0.4, 0.5) is 4.39 Å². The normalized spacial score (nSPS) is 13.8. The minimum atomic E-state index is -0.521. The van der Waals surface area contributed by atoms with E-state index < -0.39 is 11.7 Å². The van der Waals surface area contributed by atoms with Gasteiger partial charge >= 0.3 is 0 Å². The summed E-state index contributed by atoms with van der Waals surface area (Å²) in [4.78, 5) is 27.1. The van der Waals surface area contributed by atoms with Gasteiger partial charge in [0.1, 0.15) is 5.82 Å². The molecule has 1 fully saturated rings. The number of rotatable bonds is 5. The fourth-order valence-electron chi connectivity index (χ4n) is 2.88. The maximum absolute atomic E-state index is 13.1. The molecule has 0 bridgehead atoms. The number of halogens is 1. The van der Waals surface area contributed by atoms with Gasteiger partial charge in [-0.15, -0.1) is 0 Å². The maximum Gasteiger partial charge on any atom is 0.295 e. The van der Waals surface area contributed by atoms with Crippen molar-refractivity contribution in [3.8, 4) is 0 Å². The monoisotopic (exact) mass is 329 g/mol. The van der Waals surface area contributed by atoms with Crippen LogP contribution in [0.5, 0.6) is 0 Å². The number of nitrogens with zero attached hydrogens (tertiary/aromatic N) is 3. The van der Waals surface area contributed by atoms with Gasteiger partial charge in [-0.25, -0.2) is 4.39 Å². The van der Waals surface area contributed by atoms with E-state index in [9.17, 15) is 14.0 Å². The Morgan fingerprint density at radius 1 is 1.25 bits per heavy atom. The van der Waals surface area contributed by atoms with Crippen molar-refractivity contribution in [1.82, 2.24) is 14.7 Å². The Morgan fingerprint density at radius 2 is 1.88 bits per heavy atom. The molecule has 0 N–H and O–H groups in total. The van der Waals surface area contributed by atoms with Crippen LogP contribution >= 0.6 is 0 Å². The topological polar surface area (TPSA) is 55.2 Å². The van der Waals surface area contributed by atoms with Crippen LogP contribution in [-0.4, -0.2) is 32.4 Å². The summed E-state index contributed by atoms with van der Waals surface area (Å²) in [6.45, 7) is 3.82. The second-order valence-corrected chi connectivity index (χ2v) is 6.29. The Kier molecular flexibility index (Phi) is 4.22. The number of carbonyl (C=O) groups is 2. The van der Waals surface area contributed by atoms with Gasteiger partial charge < -0.3 is 4.90 Å². The zero-order chi connectivity index (χ0) is 17.4. The molecule has 0 spiro atoms. The fraction of sp³-hybridized carbons (Fsp3) is 0.389. The van der Waals surface area contributed by atoms with Crippen LogP contribution in [0.15, 0.2) is 24.3 Å². The van der Waals surface area contributed by atoms with Crippen LogP contribution in [0.1, 0.15) is 40.2 Å². The highest BCUT2D eigenvalue weighted by molar-refractivity contribution is 6.43. The SMILES string of the molecule is Cc1nn(C)c(C)c1C(=O)C(=O)N(Cc1ccc(F)cc1)C1CC1. The lowest BCUT2D eigenvalue weighted by molar-refractivity contribution is -0.127. The first-order chi connectivity index (χ1) is 11.4. The molecule has 1 saturated carbocycles. The summed E-state index contributed by atoms with van der Waals surface area (Å²) in [6, 6.07) is 6.10. The molecule has 3 rings (SSSR count). The first kappa shape index (κ1) is 16.4. The number of carbonyl (C=O) groups excluding carboxylic acids is 2. The van der Waals surface area contributed by atoms with E-state index in [1.807, 2.05) is 0 Å². The van der Waals surface area contributed by atoms with Gasteiger partial charge in [-0.2, -0.15) is 5.10 Å². The summed E-state index contributed by atoms with van der Waals surface area (Å²) in [5.74, 6) is -1.35. The number of benzene rings is 1. The van der Waals surface area contributed by atoms with Gasteiger partial charge in [0.2, 0.25) is 0 Å². The van der Waals surface area contributed by atoms with Crippen LogP contribution in [0, 0.1) is 19.7 Å². The van der Waals surface area contributed by atoms with Crippen LogP contribution in [0.3, 0.4) is 0 Å². The third kappa shape index (κ3) is 3.09. The average Bonchev–Trinajstić information content (AvgIpc) is 3.34. The summed E-state index contributed by atoms with van der Waals surface area (Å²) >= 11 is 0. The summed E-state index contributed by atoms with van der Waals surface area (Å²) in [5, 5.41) is 4.21. The van der Waals surface area contributed by atoms with Crippen molar-refractivity contribution in [2.75, 3.05) is 0 Å². The molecule has 0 radical (unpaired) electrons. The molecule has 5 nitrogen and oxygen atoms in total. The van der Waals surface area contributed by atoms with E-state index in [2.05, 4.69) is 5.10 Å². The number of aryl methyl sites for hydroxylation is 2. The molecule has 1 aliphatic rings. The van der Waals surface area contributed by atoms with Gasteiger partial charge in [0.15, 0.2) is 0 Å². The van der Waals surface area contributed by atoms with Crippen LogP contribution in [0.2, 0.25) is 0 Å². The third-order valence-electron chi connectivity index (χ3n) is 4.45. The van der Waals surface area contributed by atoms with Gasteiger partial charge in [0.25, 0.3) is 11.7 Å². The van der Waals surface area contributed by atoms with E-state index in [0.717, 1.165) is 18.4 Å². The summed E-state index contributed by atoms with van der Waals surface area (Å²) in [6.07, 6.45) is 1.79. The molecule has 1 aromatic heterocycles. The van der Waals surface area contributed by atoms with E-state index in [-0.39, 0.29) is 11.9 Å². The summed E-state index contributed by atoms with van der Waals surface area (Å²) < 4.78 is 14.7. The first-order valence-corrected chi connectivity index (χ1v) is 7.98. The van der Waals surface area contributed by atoms with Gasteiger partial charge in [0, 0.05) is 25.3 Å². The van der Waals surface area contributed by atoms with Crippen molar-refractivity contribution >= 4 is 11.7 Å². The quantitative estimate of drug-likeness (QED) is 0.626. The zero-order valence-corrected chi connectivity index (χ0v) is 14.0. The van der Waals surface area contributed by atoms with Crippen LogP contribution in [-0.2, 0) is 18.4 Å². The van der Waals surface area contributed by atoms with Gasteiger partial charge in [-0.1, -0.05) is 12.1 Å². The highest BCUT2D eigenvalue weighted by Crippen LogP contribution is 2.29. The number of amides is 1. The predicted octanol–water partition coefficient (Wildman–Crippen LogP) is 2.55. The minimum absolute atomic E-state index is 0.0868. The first-order valence-electron chi connectivity index (χ1n) is 7.98. The van der Waals surface area contributed by atoms with Crippen molar-refractivity contribution in [3.05, 3.63) is 52.6 Å². The third-order valence-corrected chi connectivity index (χ3v) is 4.45. The highest BCUT2D eigenvalue weighted by Gasteiger charge is 2.37. The lowest BCUT2D eigenvalue weighted by Gasteiger charge is -2.22. The van der Waals surface area contributed by atoms with E-state index in [1.54, 1.807) is 42.6 Å². The van der Waals surface area contributed by atoms with Gasteiger partial charge in [-0.05, 0) is 44.4 Å². The Labute approximate surface area is 140 Å². The summed E-state index contributed by atoms with van der Waals surface area (Å²) in [5.41, 5.74) is 2.44. The van der Waals surface area contributed by atoms with E-state index in [1.165, 1.54) is 12.1 Å². The molecular weight excluding hydrogens is 309 g/mol. The Bertz CT molecular complexity index is 791. The molecular formula is C18H20FN3O2. The van der Waals surface area contributed by atoms with Crippen LogP contribution < -0.4 is 0 Å². The fourth-order valence-corrected chi connectivity index (χ4v) is 2.88. The Balaban J connectivity index is 1.84. The molecule has 6 heteroatoms. The standard InChI is InChI=1S/C18H20FN3O2/c1-11-16(12(2)21(3)20-11)17(23)18(24)22(15-8-9-15)10-13-4-6-14(19)7-5-13/h4-7,15H,8-10H2,1-3H3. The van der Waals surface area contributed by atoms with Crippen molar-refractivity contribution in [1.29, 1.82) is 0 Å². The summed E-state index contributed by atoms with van der Waals surface area (Å²) in [7, 11) is 1.75. The number of Topliss-reactive ketones (excluding diaryl/α,β-unsaturated/α-hetero) is 1. The zero-order valence-electron chi connectivity index (χ0n) is 14.0. The maximum atomic E-state index is 13.1. The van der Waals surface area contributed by atoms with Crippen LogP contribution in [0.25, 0.3) is 0 Å². The van der Waals surface area contributed by atoms with Crippen molar-refractivity contribution in [3.63, 3.8) is 0 Å². The van der Waals surface area contributed by atoms with E-state index >= 15 is 0 Å². The second kappa shape index (κ2) is 6.19. The molecule has 24 heavy (non-hydrogen) atoms. The minimum Gasteiger partial charge on any atom is -0.328 e. The lowest BCUT2D eigenvalue weighted by atomic mass is 10.1. The van der Waals surface area contributed by atoms with Gasteiger partial charge in [0.05, 0.1) is 11.3 Å². The highest BCUT2D eigenvalue weighted by atomic mass is 19.1. The van der Waals surface area contributed by atoms with Crippen molar-refractivity contribution in [2.24, 2.45) is 7.05 Å². The van der Waals surface area contributed by atoms with E-state index in [4.69, 9.17) is 0 Å².